The van der Waals surface area contributed by atoms with E-state index in [2.05, 4.69) is 12.2 Å². The minimum Gasteiger partial charge on any atom is -0.481 e. The summed E-state index contributed by atoms with van der Waals surface area (Å²) in [5.41, 5.74) is 0.263. The van der Waals surface area contributed by atoms with Gasteiger partial charge >= 0.3 is 12.1 Å². The molecule has 0 radical (unpaired) electrons. The highest BCUT2D eigenvalue weighted by atomic mass is 35.5. The molecule has 0 heterocycles. The number of carbonyl (C=O) groups excluding carboxylic acids is 1. The number of halogens is 4. The van der Waals surface area contributed by atoms with Crippen molar-refractivity contribution in [2.75, 3.05) is 5.32 Å². The number of carboxylic acid groups (broad SMARTS) is 1. The number of aryl methyl sites for hydroxylation is 1. The van der Waals surface area contributed by atoms with Crippen LogP contribution in [0.15, 0.2) is 18.2 Å². The summed E-state index contributed by atoms with van der Waals surface area (Å²) >= 11 is 6.22. The maximum atomic E-state index is 13.8. The second kappa shape index (κ2) is 9.62. The molecule has 4 nitrogen and oxygen atoms in total. The fourth-order valence-electron chi connectivity index (χ4n) is 5.55. The van der Waals surface area contributed by atoms with E-state index in [1.807, 2.05) is 0 Å². The Balaban J connectivity index is 1.86. The van der Waals surface area contributed by atoms with Gasteiger partial charge in [0.05, 0.1) is 22.5 Å². The van der Waals surface area contributed by atoms with E-state index in [0.29, 0.717) is 24.3 Å². The van der Waals surface area contributed by atoms with E-state index in [1.54, 1.807) is 12.1 Å². The molecule has 0 aliphatic heterocycles. The van der Waals surface area contributed by atoms with E-state index in [1.165, 1.54) is 6.07 Å². The number of benzene rings is 1. The van der Waals surface area contributed by atoms with Crippen molar-refractivity contribution in [1.29, 1.82) is 0 Å². The van der Waals surface area contributed by atoms with Crippen LogP contribution in [0.3, 0.4) is 0 Å². The molecule has 2 saturated carbocycles. The molecule has 0 saturated heterocycles. The van der Waals surface area contributed by atoms with Crippen LogP contribution in [0.4, 0.5) is 18.9 Å². The number of nitrogens with one attached hydrogen (secondary N) is 1. The zero-order valence-electron chi connectivity index (χ0n) is 18.5. The third-order valence-electron chi connectivity index (χ3n) is 7.63. The second-order valence-electron chi connectivity index (χ2n) is 9.53. The van der Waals surface area contributed by atoms with Crippen LogP contribution in [0.5, 0.6) is 0 Å². The number of fused-ring (bicyclic) bond motifs is 1. The molecular weight excluding hydrogens is 443 g/mol. The molecule has 3 rings (SSSR count). The van der Waals surface area contributed by atoms with Gasteiger partial charge < -0.3 is 10.4 Å². The minimum absolute atomic E-state index is 0.0911. The number of alkyl halides is 3. The zero-order valence-corrected chi connectivity index (χ0v) is 19.2. The maximum absolute atomic E-state index is 13.8. The largest absolute Gasteiger partial charge is 0.481 e. The predicted molar refractivity (Wildman–Crippen MR) is 118 cm³/mol. The molecule has 2 fully saturated rings. The van der Waals surface area contributed by atoms with Crippen LogP contribution >= 0.6 is 11.6 Å². The molecule has 0 aromatic heterocycles. The van der Waals surface area contributed by atoms with Gasteiger partial charge in [0.25, 0.3) is 0 Å². The Morgan fingerprint density at radius 2 is 2.00 bits per heavy atom. The summed E-state index contributed by atoms with van der Waals surface area (Å²) in [7, 11) is 0. The summed E-state index contributed by atoms with van der Waals surface area (Å²) < 4.78 is 41.5. The van der Waals surface area contributed by atoms with Crippen molar-refractivity contribution in [2.24, 2.45) is 29.1 Å². The monoisotopic (exact) mass is 473 g/mol. The molecule has 2 N–H and O–H groups in total. The molecule has 178 valence electrons. The van der Waals surface area contributed by atoms with Crippen LogP contribution in [0, 0.1) is 29.1 Å². The van der Waals surface area contributed by atoms with E-state index >= 15 is 0 Å². The van der Waals surface area contributed by atoms with Gasteiger partial charge in [-0.25, -0.2) is 0 Å². The lowest BCUT2D eigenvalue weighted by Crippen LogP contribution is -2.42. The lowest BCUT2D eigenvalue weighted by atomic mass is 9.74. The third kappa shape index (κ3) is 5.41. The van der Waals surface area contributed by atoms with Crippen LogP contribution in [-0.4, -0.2) is 23.2 Å². The molecular formula is C24H31ClF3NO3. The molecule has 32 heavy (non-hydrogen) atoms. The van der Waals surface area contributed by atoms with Gasteiger partial charge in [0, 0.05) is 6.42 Å². The van der Waals surface area contributed by atoms with Crippen molar-refractivity contribution in [1.82, 2.24) is 0 Å². The molecule has 2 aliphatic carbocycles. The number of aliphatic carboxylic acids is 1. The average Bonchev–Trinajstić information content (AvgIpc) is 3.43. The summed E-state index contributed by atoms with van der Waals surface area (Å²) in [6.07, 6.45) is 0.713. The highest BCUT2D eigenvalue weighted by Crippen LogP contribution is 2.67. The summed E-state index contributed by atoms with van der Waals surface area (Å²) in [4.78, 5) is 24.2. The summed E-state index contributed by atoms with van der Waals surface area (Å²) in [6.45, 7) is 3.22. The number of amides is 1. The highest BCUT2D eigenvalue weighted by molar-refractivity contribution is 6.33. The van der Waals surface area contributed by atoms with E-state index in [9.17, 15) is 22.8 Å². The summed E-state index contributed by atoms with van der Waals surface area (Å²) in [5.74, 6) is -3.89. The zero-order chi connectivity index (χ0) is 23.7. The number of carboxylic acids is 1. The van der Waals surface area contributed by atoms with Crippen molar-refractivity contribution < 1.29 is 27.9 Å². The molecule has 0 bridgehead atoms. The number of hydrogen-bond acceptors (Lipinski definition) is 2. The first kappa shape index (κ1) is 24.9. The average molecular weight is 474 g/mol. The second-order valence-corrected chi connectivity index (χ2v) is 9.94. The van der Waals surface area contributed by atoms with E-state index in [-0.39, 0.29) is 29.5 Å². The first-order chi connectivity index (χ1) is 15.0. The number of rotatable bonds is 8. The fourth-order valence-corrected chi connectivity index (χ4v) is 5.72. The lowest BCUT2D eigenvalue weighted by molar-refractivity contribution is -0.192. The van der Waals surface area contributed by atoms with Crippen LogP contribution in [0.1, 0.15) is 64.4 Å². The van der Waals surface area contributed by atoms with Gasteiger partial charge in [-0.05, 0) is 67.1 Å². The quantitative estimate of drug-likeness (QED) is 0.440. The van der Waals surface area contributed by atoms with Crippen LogP contribution < -0.4 is 5.32 Å². The lowest BCUT2D eigenvalue weighted by Gasteiger charge is -2.33. The highest BCUT2D eigenvalue weighted by Gasteiger charge is 2.65. The predicted octanol–water partition coefficient (Wildman–Crippen LogP) is 6.72. The van der Waals surface area contributed by atoms with Crippen LogP contribution in [-0.2, 0) is 16.0 Å². The Morgan fingerprint density at radius 1 is 1.28 bits per heavy atom. The topological polar surface area (TPSA) is 66.4 Å². The van der Waals surface area contributed by atoms with Crippen LogP contribution in [0.2, 0.25) is 5.02 Å². The van der Waals surface area contributed by atoms with Crippen molar-refractivity contribution in [2.45, 2.75) is 71.4 Å². The van der Waals surface area contributed by atoms with Gasteiger partial charge in [0.15, 0.2) is 0 Å². The Morgan fingerprint density at radius 3 is 2.62 bits per heavy atom. The van der Waals surface area contributed by atoms with Gasteiger partial charge in [-0.2, -0.15) is 13.2 Å². The van der Waals surface area contributed by atoms with Crippen molar-refractivity contribution in [3.63, 3.8) is 0 Å². The molecule has 2 unspecified atom stereocenters. The molecule has 8 heteroatoms. The van der Waals surface area contributed by atoms with Gasteiger partial charge in [0.1, 0.15) is 0 Å². The summed E-state index contributed by atoms with van der Waals surface area (Å²) in [5, 5.41) is 11.8. The Kier molecular flexibility index (Phi) is 7.48. The number of carbonyl (C=O) groups is 2. The normalized spacial score (nSPS) is 27.1. The Bertz CT molecular complexity index is 859. The molecule has 1 aromatic carbocycles. The van der Waals surface area contributed by atoms with E-state index in [0.717, 1.165) is 32.6 Å². The SMILES string of the molecule is CCC1CC[C@H]2CC2([C@H](C(=O)Nc2cc(CCC(=O)O)ccc2Cl)[C@H](C)C(F)(F)F)CC1. The number of hydrogen-bond donors (Lipinski definition) is 2. The molecule has 5 atom stereocenters. The number of anilines is 1. The maximum Gasteiger partial charge on any atom is 0.392 e. The smallest absolute Gasteiger partial charge is 0.392 e. The standard InChI is InChI=1S/C24H31ClF3NO3/c1-3-15-4-7-17-13-23(17,11-10-15)21(14(2)24(26,27)28)22(32)29-19-12-16(5-8-18(19)25)6-9-20(30)31/h5,8,12,14-15,17,21H,3-4,6-7,9-11,13H2,1-2H3,(H,29,32)(H,30,31)/t14-,15?,17-,21-,23?/m0/s1. The van der Waals surface area contributed by atoms with Crippen molar-refractivity contribution in [3.8, 4) is 0 Å². The summed E-state index contributed by atoms with van der Waals surface area (Å²) in [6, 6.07) is 4.75. The van der Waals surface area contributed by atoms with Crippen molar-refractivity contribution >= 4 is 29.2 Å². The first-order valence-electron chi connectivity index (χ1n) is 11.4. The van der Waals surface area contributed by atoms with Gasteiger partial charge in [-0.3, -0.25) is 9.59 Å². The molecule has 0 spiro atoms. The first-order valence-corrected chi connectivity index (χ1v) is 11.7. The Hall–Kier alpha value is -1.76. The van der Waals surface area contributed by atoms with E-state index in [4.69, 9.17) is 16.7 Å². The van der Waals surface area contributed by atoms with Gasteiger partial charge in [0.2, 0.25) is 5.91 Å². The van der Waals surface area contributed by atoms with Gasteiger partial charge in [-0.15, -0.1) is 0 Å². The Labute approximate surface area is 191 Å². The third-order valence-corrected chi connectivity index (χ3v) is 7.96. The molecule has 1 amide bonds. The fraction of sp³-hybridized carbons (Fsp3) is 0.667. The van der Waals surface area contributed by atoms with E-state index < -0.39 is 35.3 Å². The van der Waals surface area contributed by atoms with Gasteiger partial charge in [-0.1, -0.05) is 44.4 Å². The molecule has 1 aromatic rings. The molecule has 2 aliphatic rings. The van der Waals surface area contributed by atoms with Crippen molar-refractivity contribution in [3.05, 3.63) is 28.8 Å². The minimum atomic E-state index is -4.48. The van der Waals surface area contributed by atoms with Crippen LogP contribution in [0.25, 0.3) is 0 Å².